The molecule has 0 saturated heterocycles. The standard InChI is InChI=1S/C10H10BrN3S2/c1-14(9-12-13-10(15)16-9)6-7-3-2-4-8(11)5-7/h2-5H,6H2,1H3,(H,13,15). The Morgan fingerprint density at radius 1 is 1.56 bits per heavy atom. The number of H-pyrrole nitrogens is 1. The predicted molar refractivity (Wildman–Crippen MR) is 73.5 cm³/mol. The van der Waals surface area contributed by atoms with E-state index in [1.165, 1.54) is 16.9 Å². The third-order valence-corrected chi connectivity index (χ3v) is 3.76. The van der Waals surface area contributed by atoms with Gasteiger partial charge in [-0.25, -0.2) is 0 Å². The summed E-state index contributed by atoms with van der Waals surface area (Å²) in [6, 6.07) is 8.23. The summed E-state index contributed by atoms with van der Waals surface area (Å²) in [5, 5.41) is 7.82. The van der Waals surface area contributed by atoms with Crippen LogP contribution in [0.1, 0.15) is 5.56 Å². The Hall–Kier alpha value is -0.720. The molecular formula is C10H10BrN3S2. The van der Waals surface area contributed by atoms with Crippen molar-refractivity contribution >= 4 is 44.6 Å². The Bertz CT molecular complexity index is 535. The van der Waals surface area contributed by atoms with E-state index in [0.717, 1.165) is 16.1 Å². The second-order valence-corrected chi connectivity index (χ2v) is 5.94. The van der Waals surface area contributed by atoms with Gasteiger partial charge in [-0.2, -0.15) is 0 Å². The van der Waals surface area contributed by atoms with Gasteiger partial charge in [0.15, 0.2) is 3.95 Å². The summed E-state index contributed by atoms with van der Waals surface area (Å²) in [5.41, 5.74) is 1.23. The lowest BCUT2D eigenvalue weighted by molar-refractivity contribution is 0.892. The van der Waals surface area contributed by atoms with Gasteiger partial charge >= 0.3 is 0 Å². The van der Waals surface area contributed by atoms with E-state index >= 15 is 0 Å². The topological polar surface area (TPSA) is 31.9 Å². The van der Waals surface area contributed by atoms with E-state index in [1.54, 1.807) is 0 Å². The Morgan fingerprint density at radius 3 is 3.00 bits per heavy atom. The van der Waals surface area contributed by atoms with Crippen molar-refractivity contribution in [3.05, 3.63) is 38.3 Å². The molecule has 16 heavy (non-hydrogen) atoms. The molecule has 6 heteroatoms. The van der Waals surface area contributed by atoms with Gasteiger partial charge < -0.3 is 4.90 Å². The largest absolute Gasteiger partial charge is 0.345 e. The molecule has 0 fully saturated rings. The van der Waals surface area contributed by atoms with Crippen molar-refractivity contribution in [3.63, 3.8) is 0 Å². The van der Waals surface area contributed by atoms with E-state index < -0.39 is 0 Å². The minimum absolute atomic E-state index is 0.705. The summed E-state index contributed by atoms with van der Waals surface area (Å²) >= 11 is 9.94. The first-order chi connectivity index (χ1) is 7.65. The Balaban J connectivity index is 2.13. The number of rotatable bonds is 3. The lowest BCUT2D eigenvalue weighted by atomic mass is 10.2. The number of halogens is 1. The number of aromatic amines is 1. The van der Waals surface area contributed by atoms with Crippen LogP contribution in [0.3, 0.4) is 0 Å². The van der Waals surface area contributed by atoms with Crippen LogP contribution in [0.2, 0.25) is 0 Å². The SMILES string of the molecule is CN(Cc1cccc(Br)c1)c1n[nH]c(=S)s1. The van der Waals surface area contributed by atoms with Crippen LogP contribution in [0.5, 0.6) is 0 Å². The smallest absolute Gasteiger partial charge is 0.206 e. The summed E-state index contributed by atoms with van der Waals surface area (Å²) in [4.78, 5) is 2.07. The molecule has 1 aromatic carbocycles. The Labute approximate surface area is 111 Å². The molecule has 84 valence electrons. The summed E-state index contributed by atoms with van der Waals surface area (Å²) in [5.74, 6) is 0. The zero-order valence-corrected chi connectivity index (χ0v) is 11.8. The normalized spacial score (nSPS) is 10.4. The van der Waals surface area contributed by atoms with Crippen molar-refractivity contribution in [2.45, 2.75) is 6.54 Å². The number of anilines is 1. The second kappa shape index (κ2) is 5.07. The first-order valence-corrected chi connectivity index (χ1v) is 6.68. The molecule has 1 heterocycles. The van der Waals surface area contributed by atoms with Crippen LogP contribution in [0.15, 0.2) is 28.7 Å². The molecule has 0 bridgehead atoms. The zero-order valence-electron chi connectivity index (χ0n) is 8.61. The molecule has 0 unspecified atom stereocenters. The molecule has 3 nitrogen and oxygen atoms in total. The number of nitrogens with zero attached hydrogens (tertiary/aromatic N) is 2. The van der Waals surface area contributed by atoms with Gasteiger partial charge in [-0.3, -0.25) is 5.10 Å². The summed E-state index contributed by atoms with van der Waals surface area (Å²) in [6.45, 7) is 0.815. The summed E-state index contributed by atoms with van der Waals surface area (Å²) in [6.07, 6.45) is 0. The van der Waals surface area contributed by atoms with E-state index in [-0.39, 0.29) is 0 Å². The number of aromatic nitrogens is 2. The van der Waals surface area contributed by atoms with E-state index in [1.807, 2.05) is 19.2 Å². The highest BCUT2D eigenvalue weighted by atomic mass is 79.9. The molecule has 2 rings (SSSR count). The van der Waals surface area contributed by atoms with E-state index in [0.29, 0.717) is 3.95 Å². The van der Waals surface area contributed by atoms with Crippen molar-refractivity contribution in [3.8, 4) is 0 Å². The average molecular weight is 316 g/mol. The monoisotopic (exact) mass is 315 g/mol. The van der Waals surface area contributed by atoms with Gasteiger partial charge in [0.1, 0.15) is 0 Å². The minimum Gasteiger partial charge on any atom is -0.345 e. The van der Waals surface area contributed by atoms with Crippen molar-refractivity contribution in [1.82, 2.24) is 10.2 Å². The molecule has 0 spiro atoms. The van der Waals surface area contributed by atoms with E-state index in [2.05, 4.69) is 43.2 Å². The zero-order chi connectivity index (χ0) is 11.5. The maximum absolute atomic E-state index is 5.00. The van der Waals surface area contributed by atoms with Crippen LogP contribution in [0.4, 0.5) is 5.13 Å². The van der Waals surface area contributed by atoms with Gasteiger partial charge in [-0.05, 0) is 29.9 Å². The maximum Gasteiger partial charge on any atom is 0.206 e. The molecule has 0 aliphatic heterocycles. The van der Waals surface area contributed by atoms with Crippen LogP contribution in [-0.4, -0.2) is 17.2 Å². The lowest BCUT2D eigenvalue weighted by Crippen LogP contribution is -2.15. The van der Waals surface area contributed by atoms with Crippen LogP contribution >= 0.6 is 39.5 Å². The second-order valence-electron chi connectivity index (χ2n) is 3.38. The molecule has 0 aliphatic rings. The molecule has 0 aliphatic carbocycles. The lowest BCUT2D eigenvalue weighted by Gasteiger charge is -2.14. The van der Waals surface area contributed by atoms with Gasteiger partial charge in [-0.1, -0.05) is 39.4 Å². The third-order valence-electron chi connectivity index (χ3n) is 2.06. The Kier molecular flexibility index (Phi) is 3.73. The number of nitrogens with one attached hydrogen (secondary N) is 1. The average Bonchev–Trinajstić information content (AvgIpc) is 2.65. The van der Waals surface area contributed by atoms with Gasteiger partial charge in [-0.15, -0.1) is 5.10 Å². The molecular weight excluding hydrogens is 306 g/mol. The van der Waals surface area contributed by atoms with Gasteiger partial charge in [0.25, 0.3) is 0 Å². The van der Waals surface area contributed by atoms with Gasteiger partial charge in [0.05, 0.1) is 0 Å². The number of hydrogen-bond donors (Lipinski definition) is 1. The fourth-order valence-electron chi connectivity index (χ4n) is 1.36. The fourth-order valence-corrected chi connectivity index (χ4v) is 2.65. The van der Waals surface area contributed by atoms with Crippen LogP contribution in [-0.2, 0) is 6.54 Å². The van der Waals surface area contributed by atoms with Gasteiger partial charge in [0, 0.05) is 18.1 Å². The van der Waals surface area contributed by atoms with E-state index in [9.17, 15) is 0 Å². The quantitative estimate of drug-likeness (QED) is 0.878. The van der Waals surface area contributed by atoms with Crippen LogP contribution in [0, 0.1) is 3.95 Å². The van der Waals surface area contributed by atoms with Crippen molar-refractivity contribution in [1.29, 1.82) is 0 Å². The first-order valence-electron chi connectivity index (χ1n) is 4.66. The number of benzene rings is 1. The molecule has 0 atom stereocenters. The van der Waals surface area contributed by atoms with Crippen LogP contribution in [0.25, 0.3) is 0 Å². The molecule has 1 aromatic heterocycles. The highest BCUT2D eigenvalue weighted by molar-refractivity contribution is 9.10. The van der Waals surface area contributed by atoms with Crippen molar-refractivity contribution < 1.29 is 0 Å². The van der Waals surface area contributed by atoms with Gasteiger partial charge in [0.2, 0.25) is 5.13 Å². The summed E-state index contributed by atoms with van der Waals surface area (Å²) < 4.78 is 1.80. The number of hydrogen-bond acceptors (Lipinski definition) is 4. The maximum atomic E-state index is 5.00. The third kappa shape index (κ3) is 2.90. The molecule has 2 aromatic rings. The molecule has 1 N–H and O–H groups in total. The molecule has 0 radical (unpaired) electrons. The highest BCUT2D eigenvalue weighted by Crippen LogP contribution is 2.19. The molecule has 0 saturated carbocycles. The molecule has 0 amide bonds. The fraction of sp³-hybridized carbons (Fsp3) is 0.200. The predicted octanol–water partition coefficient (Wildman–Crippen LogP) is 3.60. The van der Waals surface area contributed by atoms with Crippen LogP contribution < -0.4 is 4.90 Å². The first kappa shape index (κ1) is 11.8. The summed E-state index contributed by atoms with van der Waals surface area (Å²) in [7, 11) is 2.00. The van der Waals surface area contributed by atoms with E-state index in [4.69, 9.17) is 12.2 Å². The Morgan fingerprint density at radius 2 is 2.38 bits per heavy atom. The van der Waals surface area contributed by atoms with Crippen molar-refractivity contribution in [2.75, 3.05) is 11.9 Å². The van der Waals surface area contributed by atoms with Crippen molar-refractivity contribution in [2.24, 2.45) is 0 Å². The minimum atomic E-state index is 0.705. The highest BCUT2D eigenvalue weighted by Gasteiger charge is 2.05.